The number of carbonyl (C=O) groups is 1. The van der Waals surface area contributed by atoms with Crippen LogP contribution in [0.25, 0.3) is 0 Å². The number of aromatic nitrogens is 2. The van der Waals surface area contributed by atoms with Gasteiger partial charge in [0, 0.05) is 47.6 Å². The fourth-order valence-electron chi connectivity index (χ4n) is 3.29. The molecule has 1 aliphatic rings. The summed E-state index contributed by atoms with van der Waals surface area (Å²) in [7, 11) is -2.17. The van der Waals surface area contributed by atoms with Gasteiger partial charge in [-0.15, -0.1) is 0 Å². The van der Waals surface area contributed by atoms with Gasteiger partial charge in [-0.2, -0.15) is 11.8 Å². The molecule has 3 aromatic rings. The van der Waals surface area contributed by atoms with E-state index in [4.69, 9.17) is 0 Å². The van der Waals surface area contributed by atoms with Crippen molar-refractivity contribution in [2.24, 2.45) is 0 Å². The SMILES string of the molecule is CNS(=O)(=O)c1cccc(Nc2cc(Nc3ccc(C(=O)N4CCSCC4)cc3)ncn2)c1. The molecule has 1 aromatic heterocycles. The van der Waals surface area contributed by atoms with Crippen molar-refractivity contribution >= 4 is 50.7 Å². The predicted molar refractivity (Wildman–Crippen MR) is 131 cm³/mol. The van der Waals surface area contributed by atoms with Crippen LogP contribution in [0.3, 0.4) is 0 Å². The lowest BCUT2D eigenvalue weighted by Gasteiger charge is -2.26. The zero-order valence-corrected chi connectivity index (χ0v) is 19.6. The third kappa shape index (κ3) is 5.81. The highest BCUT2D eigenvalue weighted by molar-refractivity contribution is 7.99. The maximum absolute atomic E-state index is 12.6. The molecule has 1 fully saturated rings. The number of thioether (sulfide) groups is 1. The molecular formula is C22H24N6O3S2. The molecule has 0 atom stereocenters. The first-order chi connectivity index (χ1) is 15.9. The summed E-state index contributed by atoms with van der Waals surface area (Å²) in [6, 6.07) is 15.4. The Morgan fingerprint density at radius 3 is 2.27 bits per heavy atom. The number of anilines is 4. The Bertz CT molecular complexity index is 1230. The van der Waals surface area contributed by atoms with E-state index in [0.29, 0.717) is 22.9 Å². The molecule has 0 saturated carbocycles. The second-order valence-electron chi connectivity index (χ2n) is 7.26. The van der Waals surface area contributed by atoms with E-state index in [-0.39, 0.29) is 10.8 Å². The van der Waals surface area contributed by atoms with Gasteiger partial charge in [-0.25, -0.2) is 23.1 Å². The van der Waals surface area contributed by atoms with Gasteiger partial charge in [0.2, 0.25) is 10.0 Å². The topological polar surface area (TPSA) is 116 Å². The molecule has 4 rings (SSSR count). The number of nitrogens with one attached hydrogen (secondary N) is 3. The van der Waals surface area contributed by atoms with Gasteiger partial charge in [0.05, 0.1) is 4.90 Å². The van der Waals surface area contributed by atoms with Crippen LogP contribution in [0.4, 0.5) is 23.0 Å². The normalized spacial score (nSPS) is 14.0. The lowest BCUT2D eigenvalue weighted by atomic mass is 10.1. The van der Waals surface area contributed by atoms with Gasteiger partial charge in [-0.1, -0.05) is 6.07 Å². The number of sulfonamides is 1. The average molecular weight is 485 g/mol. The lowest BCUT2D eigenvalue weighted by Crippen LogP contribution is -2.37. The van der Waals surface area contributed by atoms with Gasteiger partial charge < -0.3 is 15.5 Å². The second-order valence-corrected chi connectivity index (χ2v) is 10.4. The second kappa shape index (κ2) is 10.2. The smallest absolute Gasteiger partial charge is 0.253 e. The van der Waals surface area contributed by atoms with Crippen LogP contribution in [-0.2, 0) is 10.0 Å². The molecule has 33 heavy (non-hydrogen) atoms. The summed E-state index contributed by atoms with van der Waals surface area (Å²) in [5, 5.41) is 6.29. The van der Waals surface area contributed by atoms with E-state index >= 15 is 0 Å². The fraction of sp³-hybridized carbons (Fsp3) is 0.227. The van der Waals surface area contributed by atoms with Gasteiger partial charge in [0.25, 0.3) is 5.91 Å². The molecule has 0 aliphatic carbocycles. The maximum atomic E-state index is 12.6. The van der Waals surface area contributed by atoms with Gasteiger partial charge in [0.1, 0.15) is 18.0 Å². The maximum Gasteiger partial charge on any atom is 0.253 e. The van der Waals surface area contributed by atoms with Crippen LogP contribution in [-0.4, -0.2) is 60.8 Å². The number of hydrogen-bond donors (Lipinski definition) is 3. The van der Waals surface area contributed by atoms with Crippen molar-refractivity contribution in [2.75, 3.05) is 42.3 Å². The summed E-state index contributed by atoms with van der Waals surface area (Å²) in [6.45, 7) is 1.56. The van der Waals surface area contributed by atoms with Crippen LogP contribution in [0, 0.1) is 0 Å². The average Bonchev–Trinajstić information content (AvgIpc) is 2.85. The van der Waals surface area contributed by atoms with Crippen LogP contribution < -0.4 is 15.4 Å². The van der Waals surface area contributed by atoms with E-state index in [9.17, 15) is 13.2 Å². The van der Waals surface area contributed by atoms with Crippen molar-refractivity contribution in [2.45, 2.75) is 4.90 Å². The first-order valence-corrected chi connectivity index (χ1v) is 13.0. The molecule has 1 aliphatic heterocycles. The standard InChI is InChI=1S/C22H24N6O3S2/c1-23-33(30,31)19-4-2-3-18(13-19)27-21-14-20(24-15-25-21)26-17-7-5-16(6-8-17)22(29)28-9-11-32-12-10-28/h2-8,13-15,23H,9-12H2,1H3,(H2,24,25,26,27). The summed E-state index contributed by atoms with van der Waals surface area (Å²) in [4.78, 5) is 23.1. The number of amides is 1. The van der Waals surface area contributed by atoms with E-state index in [1.807, 2.05) is 28.8 Å². The van der Waals surface area contributed by atoms with E-state index in [1.165, 1.54) is 25.5 Å². The quantitative estimate of drug-likeness (QED) is 0.469. The van der Waals surface area contributed by atoms with Gasteiger partial charge in [0.15, 0.2) is 0 Å². The fourth-order valence-corrected chi connectivity index (χ4v) is 4.97. The van der Waals surface area contributed by atoms with Crippen molar-refractivity contribution in [3.05, 3.63) is 66.5 Å². The van der Waals surface area contributed by atoms with E-state index in [0.717, 1.165) is 30.3 Å². The first kappa shape index (κ1) is 23.0. The molecule has 11 heteroatoms. The summed E-state index contributed by atoms with van der Waals surface area (Å²) >= 11 is 1.87. The summed E-state index contributed by atoms with van der Waals surface area (Å²) in [5.74, 6) is 3.06. The van der Waals surface area contributed by atoms with E-state index < -0.39 is 10.0 Å². The van der Waals surface area contributed by atoms with Gasteiger partial charge >= 0.3 is 0 Å². The minimum Gasteiger partial charge on any atom is -0.340 e. The Balaban J connectivity index is 1.43. The molecule has 0 spiro atoms. The molecule has 172 valence electrons. The number of nitrogens with zero attached hydrogens (tertiary/aromatic N) is 3. The zero-order valence-electron chi connectivity index (χ0n) is 18.0. The number of benzene rings is 2. The first-order valence-electron chi connectivity index (χ1n) is 10.3. The Hall–Kier alpha value is -3.15. The lowest BCUT2D eigenvalue weighted by molar-refractivity contribution is 0.0772. The van der Waals surface area contributed by atoms with Crippen LogP contribution in [0.5, 0.6) is 0 Å². The summed E-state index contributed by atoms with van der Waals surface area (Å²) in [6.07, 6.45) is 1.41. The van der Waals surface area contributed by atoms with Gasteiger partial charge in [-0.05, 0) is 49.5 Å². The van der Waals surface area contributed by atoms with E-state index in [1.54, 1.807) is 30.3 Å². The highest BCUT2D eigenvalue weighted by atomic mass is 32.2. The van der Waals surface area contributed by atoms with Gasteiger partial charge in [-0.3, -0.25) is 4.79 Å². The zero-order chi connectivity index (χ0) is 23.3. The molecule has 2 aromatic carbocycles. The third-order valence-electron chi connectivity index (χ3n) is 5.06. The largest absolute Gasteiger partial charge is 0.340 e. The molecule has 1 amide bonds. The van der Waals surface area contributed by atoms with Crippen molar-refractivity contribution in [3.63, 3.8) is 0 Å². The highest BCUT2D eigenvalue weighted by Crippen LogP contribution is 2.22. The Kier molecular flexibility index (Phi) is 7.11. The van der Waals surface area contributed by atoms with Crippen molar-refractivity contribution in [1.29, 1.82) is 0 Å². The monoisotopic (exact) mass is 484 g/mol. The molecule has 9 nitrogen and oxygen atoms in total. The molecule has 0 unspecified atom stereocenters. The minimum atomic E-state index is -3.54. The minimum absolute atomic E-state index is 0.0536. The van der Waals surface area contributed by atoms with Crippen molar-refractivity contribution in [1.82, 2.24) is 19.6 Å². The predicted octanol–water partition coefficient (Wildman–Crippen LogP) is 3.06. The van der Waals surface area contributed by atoms with Crippen LogP contribution in [0.1, 0.15) is 10.4 Å². The molecule has 1 saturated heterocycles. The highest BCUT2D eigenvalue weighted by Gasteiger charge is 2.18. The number of carbonyl (C=O) groups excluding carboxylic acids is 1. The van der Waals surface area contributed by atoms with Crippen LogP contribution in [0.15, 0.2) is 65.8 Å². The Morgan fingerprint density at radius 1 is 0.939 bits per heavy atom. The Labute approximate surface area is 197 Å². The van der Waals surface area contributed by atoms with E-state index in [2.05, 4.69) is 25.3 Å². The third-order valence-corrected chi connectivity index (χ3v) is 7.41. The summed E-state index contributed by atoms with van der Waals surface area (Å²) < 4.78 is 26.3. The molecule has 3 N–H and O–H groups in total. The molecule has 2 heterocycles. The van der Waals surface area contributed by atoms with Crippen LogP contribution in [0.2, 0.25) is 0 Å². The van der Waals surface area contributed by atoms with Crippen molar-refractivity contribution < 1.29 is 13.2 Å². The van der Waals surface area contributed by atoms with Crippen molar-refractivity contribution in [3.8, 4) is 0 Å². The molecule has 0 bridgehead atoms. The molecular weight excluding hydrogens is 460 g/mol. The molecule has 0 radical (unpaired) electrons. The summed E-state index contributed by atoms with van der Waals surface area (Å²) in [5.41, 5.74) is 2.02. The number of rotatable bonds is 7. The van der Waals surface area contributed by atoms with Crippen LogP contribution >= 0.6 is 11.8 Å². The Morgan fingerprint density at radius 2 is 1.61 bits per heavy atom. The number of hydrogen-bond acceptors (Lipinski definition) is 8.